The Kier molecular flexibility index (Phi) is 2.83. The van der Waals surface area contributed by atoms with Crippen molar-refractivity contribution in [2.75, 3.05) is 0 Å². The fourth-order valence-corrected chi connectivity index (χ4v) is 5.27. The van der Waals surface area contributed by atoms with Crippen molar-refractivity contribution < 1.29 is 44.2 Å². The molecule has 0 amide bonds. The summed E-state index contributed by atoms with van der Waals surface area (Å²) < 4.78 is 262. The van der Waals surface area contributed by atoms with Crippen LogP contribution in [-0.4, -0.2) is 15.0 Å². The SMILES string of the molecule is [2H]c1c([2H])c([2H])c(-c2nc(-c3c([2H])c(-c4c([2H])c([2H])c([2H])c([2H])c4[2H])c4c(oc5c([2H])c6c([2H])c([2H])c([2H])c([2H])c6c([2H])c54)c3[2H])nc(-c3c([2H])c([2H])c4c([2H])c(-c5c([2H])c([2H])c([2H])c([2H])c5[2H])c([2H])c([2H])c4c3[2H])n2)c([2H])c1[2H]. The van der Waals surface area contributed by atoms with Crippen molar-refractivity contribution >= 4 is 43.5 Å². The van der Waals surface area contributed by atoms with Gasteiger partial charge in [-0.25, -0.2) is 15.0 Å². The molecule has 51 heavy (non-hydrogen) atoms. The van der Waals surface area contributed by atoms with Crippen LogP contribution in [0.3, 0.4) is 0 Å². The monoisotopic (exact) mass is 680 g/mol. The van der Waals surface area contributed by atoms with Gasteiger partial charge in [-0.2, -0.15) is 0 Å². The number of furan rings is 1. The van der Waals surface area contributed by atoms with E-state index in [1.165, 1.54) is 0 Å². The first kappa shape index (κ1) is 12.1. The maximum absolute atomic E-state index is 9.95. The van der Waals surface area contributed by atoms with Crippen LogP contribution in [0.25, 0.3) is 99.9 Å². The van der Waals surface area contributed by atoms with Crippen LogP contribution in [0, 0.1) is 0 Å². The van der Waals surface area contributed by atoms with E-state index in [9.17, 15) is 11.0 Å². The van der Waals surface area contributed by atoms with E-state index < -0.39 is 275 Å². The molecule has 0 fully saturated rings. The van der Waals surface area contributed by atoms with Gasteiger partial charge in [0.15, 0.2) is 17.5 Å². The van der Waals surface area contributed by atoms with E-state index >= 15 is 0 Å². The van der Waals surface area contributed by atoms with E-state index in [2.05, 4.69) is 15.0 Å². The predicted molar refractivity (Wildman–Crippen MR) is 209 cm³/mol. The zero-order valence-electron chi connectivity index (χ0n) is 54.2. The highest BCUT2D eigenvalue weighted by atomic mass is 16.3. The van der Waals surface area contributed by atoms with Gasteiger partial charge in [0, 0.05) is 27.5 Å². The van der Waals surface area contributed by atoms with Crippen LogP contribution in [0.1, 0.15) is 39.8 Å². The van der Waals surface area contributed by atoms with Crippen LogP contribution in [0.5, 0.6) is 0 Å². The topological polar surface area (TPSA) is 51.8 Å². The molecule has 0 saturated heterocycles. The molecule has 4 nitrogen and oxygen atoms in total. The lowest BCUT2D eigenvalue weighted by Crippen LogP contribution is -2.00. The van der Waals surface area contributed by atoms with E-state index in [0.717, 1.165) is 0 Å². The van der Waals surface area contributed by atoms with Crippen molar-refractivity contribution in [2.24, 2.45) is 0 Å². The quantitative estimate of drug-likeness (QED) is 0.182. The molecule has 2 aromatic heterocycles. The van der Waals surface area contributed by atoms with Crippen LogP contribution in [0.4, 0.5) is 0 Å². The lowest BCUT2D eigenvalue weighted by atomic mass is 9.96. The molecule has 0 radical (unpaired) electrons. The van der Waals surface area contributed by atoms with Crippen LogP contribution in [-0.2, 0) is 0 Å². The highest BCUT2D eigenvalue weighted by Crippen LogP contribution is 2.41. The fourth-order valence-electron chi connectivity index (χ4n) is 5.27. The molecule has 0 atom stereocenters. The van der Waals surface area contributed by atoms with Crippen LogP contribution >= 0.6 is 0 Å². The summed E-state index contributed by atoms with van der Waals surface area (Å²) in [6, 6.07) is -26.3. The third-order valence-electron chi connectivity index (χ3n) is 7.50. The first-order chi connectivity index (χ1) is 37.3. The van der Waals surface area contributed by atoms with E-state index in [1.54, 1.807) is 0 Å². The summed E-state index contributed by atoms with van der Waals surface area (Å²) >= 11 is 0. The van der Waals surface area contributed by atoms with Crippen molar-refractivity contribution in [1.29, 1.82) is 0 Å². The van der Waals surface area contributed by atoms with Gasteiger partial charge >= 0.3 is 0 Å². The first-order valence-electron chi connectivity index (χ1n) is 29.2. The fraction of sp³-hybridized carbons (Fsp3) is 0. The molecular weight excluding hydrogens is 623 g/mol. The maximum atomic E-state index is 9.95. The molecule has 0 N–H and O–H groups in total. The van der Waals surface area contributed by atoms with Gasteiger partial charge in [0.05, 0.1) is 39.8 Å². The first-order valence-corrected chi connectivity index (χ1v) is 14.7. The minimum atomic E-state index is -1.04. The van der Waals surface area contributed by atoms with Gasteiger partial charge in [-0.15, -0.1) is 0 Å². The molecule has 0 aliphatic carbocycles. The summed E-state index contributed by atoms with van der Waals surface area (Å²) in [7, 11) is 0. The van der Waals surface area contributed by atoms with Gasteiger partial charge in [0.1, 0.15) is 11.2 Å². The number of rotatable bonds is 5. The molecule has 4 heteroatoms. The molecule has 10 aromatic rings. The Morgan fingerprint density at radius 3 is 1.55 bits per heavy atom. The molecular formula is C47H29N3O. The van der Waals surface area contributed by atoms with E-state index in [-0.39, 0.29) is 0 Å². The summed E-state index contributed by atoms with van der Waals surface area (Å²) in [5.74, 6) is -2.78. The molecule has 8 aromatic carbocycles. The Labute approximate surface area is 335 Å². The molecule has 10 rings (SSSR count). The molecule has 2 heterocycles. The Bertz CT molecular complexity index is 4510. The van der Waals surface area contributed by atoms with Gasteiger partial charge in [-0.1, -0.05) is 139 Å². The molecule has 0 saturated carbocycles. The summed E-state index contributed by atoms with van der Waals surface area (Å²) in [5.41, 5.74) is -6.83. The molecule has 0 spiro atoms. The van der Waals surface area contributed by atoms with Gasteiger partial charge in [-0.3, -0.25) is 0 Å². The number of hydrogen-bond acceptors (Lipinski definition) is 4. The van der Waals surface area contributed by atoms with Gasteiger partial charge in [0.25, 0.3) is 0 Å². The Morgan fingerprint density at radius 2 is 0.863 bits per heavy atom. The highest BCUT2D eigenvalue weighted by Gasteiger charge is 2.19. The van der Waals surface area contributed by atoms with Crippen molar-refractivity contribution in [1.82, 2.24) is 15.0 Å². The molecule has 238 valence electrons. The molecule has 0 aliphatic heterocycles. The number of fused-ring (bicyclic) bond motifs is 5. The zero-order valence-corrected chi connectivity index (χ0v) is 25.2. The molecule has 0 aliphatic rings. The van der Waals surface area contributed by atoms with E-state index in [4.69, 9.17) is 33.2 Å². The largest absolute Gasteiger partial charge is 0.456 e. The lowest BCUT2D eigenvalue weighted by Gasteiger charge is -2.11. The lowest BCUT2D eigenvalue weighted by molar-refractivity contribution is 0.669. The summed E-state index contributed by atoms with van der Waals surface area (Å²) in [5, 5.41) is -3.54. The smallest absolute Gasteiger partial charge is 0.164 e. The Balaban J connectivity index is 1.40. The van der Waals surface area contributed by atoms with E-state index in [0.29, 0.717) is 0 Å². The predicted octanol–water partition coefficient (Wildman–Crippen LogP) is 12.4. The average molecular weight is 681 g/mol. The second-order valence-electron chi connectivity index (χ2n) is 10.6. The number of aromatic nitrogens is 3. The van der Waals surface area contributed by atoms with Crippen molar-refractivity contribution in [3.63, 3.8) is 0 Å². The second-order valence-corrected chi connectivity index (χ2v) is 10.6. The molecule has 0 bridgehead atoms. The zero-order chi connectivity index (χ0) is 59.0. The summed E-state index contributed by atoms with van der Waals surface area (Å²) in [6.45, 7) is 0. The third-order valence-corrected chi connectivity index (χ3v) is 7.50. The second kappa shape index (κ2) is 11.9. The standard InChI is InChI=1S/C47H29N3O/c1-4-12-30(13-5-1)35-20-21-37-25-38(23-22-36(37)24-35)46-48-45(32-16-8-3-9-17-32)49-47(50-46)39-27-40(31-14-6-2-7-15-31)44-41-26-33-18-10-11-19-34(33)28-42(41)51-43(44)29-39/h1-29H/i1D,2D,3D,4D,5D,6D,7D,8D,9D,10D,11D,12D,13D,14D,15D,16D,17D,18D,19D,20D,21D,22D,23D,24D,25D,26D,27D,28D,29D. The van der Waals surface area contributed by atoms with Crippen LogP contribution in [0.15, 0.2) is 180 Å². The Hall–Kier alpha value is -6.91. The summed E-state index contributed by atoms with van der Waals surface area (Å²) in [6.07, 6.45) is 0. The van der Waals surface area contributed by atoms with E-state index in [1.807, 2.05) is 0 Å². The Morgan fingerprint density at radius 1 is 0.353 bits per heavy atom. The molecule has 0 unspecified atom stereocenters. The van der Waals surface area contributed by atoms with Crippen LogP contribution < -0.4 is 0 Å². The maximum Gasteiger partial charge on any atom is 0.164 e. The van der Waals surface area contributed by atoms with Gasteiger partial charge in [-0.05, 0) is 80.1 Å². The van der Waals surface area contributed by atoms with Crippen LogP contribution in [0.2, 0.25) is 0 Å². The normalized spacial score (nSPS) is 19.5. The minimum Gasteiger partial charge on any atom is -0.456 e. The van der Waals surface area contributed by atoms with Crippen molar-refractivity contribution in [3.8, 4) is 56.4 Å². The van der Waals surface area contributed by atoms with Crippen molar-refractivity contribution in [3.05, 3.63) is 175 Å². The number of nitrogens with zero attached hydrogens (tertiary/aromatic N) is 3. The van der Waals surface area contributed by atoms with Crippen molar-refractivity contribution in [2.45, 2.75) is 0 Å². The third kappa shape index (κ3) is 5.22. The number of benzene rings is 8. The summed E-state index contributed by atoms with van der Waals surface area (Å²) in [4.78, 5) is 13.1. The van der Waals surface area contributed by atoms with Gasteiger partial charge in [0.2, 0.25) is 0 Å². The van der Waals surface area contributed by atoms with Gasteiger partial charge < -0.3 is 4.42 Å². The average Bonchev–Trinajstić information content (AvgIpc) is 3.84. The highest BCUT2D eigenvalue weighted by molar-refractivity contribution is 6.16. The number of hydrogen-bond donors (Lipinski definition) is 0. The minimum absolute atomic E-state index is 0.516.